The van der Waals surface area contributed by atoms with Gasteiger partial charge < -0.3 is 19.6 Å². The number of thioether (sulfide) groups is 1. The van der Waals surface area contributed by atoms with Crippen LogP contribution in [0.5, 0.6) is 0 Å². The van der Waals surface area contributed by atoms with Gasteiger partial charge in [0.25, 0.3) is 5.91 Å². The van der Waals surface area contributed by atoms with Gasteiger partial charge in [-0.25, -0.2) is 0 Å². The summed E-state index contributed by atoms with van der Waals surface area (Å²) in [7, 11) is 0. The number of carbonyl (C=O) groups excluding carboxylic acids is 3. The molecule has 3 unspecified atom stereocenters. The number of likely N-dealkylation sites (tertiary alicyclic amines) is 1. The van der Waals surface area contributed by atoms with Gasteiger partial charge in [0, 0.05) is 30.6 Å². The van der Waals surface area contributed by atoms with E-state index < -0.39 is 22.6 Å². The molecular formula is C36H46N2O5S. The molecule has 2 amide bonds. The van der Waals surface area contributed by atoms with E-state index in [0.717, 1.165) is 61.4 Å². The minimum atomic E-state index is -0.702. The highest BCUT2D eigenvalue weighted by Crippen LogP contribution is 2.68. The molecule has 0 radical (unpaired) electrons. The number of hydrogen-bond acceptors (Lipinski definition) is 6. The first kappa shape index (κ1) is 32.3. The summed E-state index contributed by atoms with van der Waals surface area (Å²) in [5, 5.41) is 11.3. The molecule has 0 aromatic heterocycles. The zero-order valence-electron chi connectivity index (χ0n) is 25.9. The third-order valence-electron chi connectivity index (χ3n) is 9.73. The number of fused-ring (bicyclic) bond motifs is 2. The number of unbranched alkanes of at least 4 members (excludes halogenated alkanes) is 5. The molecular weight excluding hydrogens is 572 g/mol. The third kappa shape index (κ3) is 5.95. The van der Waals surface area contributed by atoms with Gasteiger partial charge in [0.1, 0.15) is 6.04 Å². The number of aliphatic hydroxyl groups is 1. The second-order valence-electron chi connectivity index (χ2n) is 12.4. The van der Waals surface area contributed by atoms with Crippen molar-refractivity contribution < 1.29 is 24.2 Å². The Morgan fingerprint density at radius 1 is 1.07 bits per heavy atom. The lowest BCUT2D eigenvalue weighted by Gasteiger charge is -2.40. The van der Waals surface area contributed by atoms with E-state index in [-0.39, 0.29) is 35.6 Å². The SMILES string of the molecule is C=CCCCCOC(=O)[C@@H]1[C@H]2C(=O)N(CCCCCCO)C(C(=O)N(CC=C)c3ccc4ccccc4c3)C23S[C@@H]1CC3C. The summed E-state index contributed by atoms with van der Waals surface area (Å²) >= 11 is 1.68. The highest BCUT2D eigenvalue weighted by Gasteiger charge is 2.76. The fraction of sp³-hybridized carbons (Fsp3) is 0.528. The first-order chi connectivity index (χ1) is 21.4. The molecule has 2 aromatic rings. The van der Waals surface area contributed by atoms with Crippen LogP contribution in [-0.4, -0.2) is 70.1 Å². The van der Waals surface area contributed by atoms with E-state index in [1.165, 1.54) is 0 Å². The number of benzene rings is 2. The second kappa shape index (κ2) is 14.3. The Morgan fingerprint density at radius 3 is 2.59 bits per heavy atom. The molecule has 2 aromatic carbocycles. The van der Waals surface area contributed by atoms with Crippen molar-refractivity contribution in [1.82, 2.24) is 4.90 Å². The minimum absolute atomic E-state index is 0.0462. The molecule has 5 rings (SSSR count). The number of anilines is 1. The Labute approximate surface area is 265 Å². The normalized spacial score (nSPS) is 27.0. The molecule has 3 aliphatic rings. The molecule has 3 saturated heterocycles. The Morgan fingerprint density at radius 2 is 1.84 bits per heavy atom. The van der Waals surface area contributed by atoms with Crippen LogP contribution < -0.4 is 4.90 Å². The lowest BCUT2D eigenvalue weighted by atomic mass is 9.66. The number of nitrogens with zero attached hydrogens (tertiary/aromatic N) is 2. The van der Waals surface area contributed by atoms with Crippen molar-refractivity contribution >= 4 is 46.0 Å². The fourth-order valence-corrected chi connectivity index (χ4v) is 10.1. The van der Waals surface area contributed by atoms with Gasteiger partial charge >= 0.3 is 5.97 Å². The van der Waals surface area contributed by atoms with Crippen LogP contribution in [0.3, 0.4) is 0 Å². The molecule has 44 heavy (non-hydrogen) atoms. The van der Waals surface area contributed by atoms with Gasteiger partial charge in [0.15, 0.2) is 0 Å². The number of amides is 2. The Bertz CT molecular complexity index is 1380. The van der Waals surface area contributed by atoms with Gasteiger partial charge in [-0.1, -0.05) is 62.2 Å². The smallest absolute Gasteiger partial charge is 0.310 e. The van der Waals surface area contributed by atoms with Crippen molar-refractivity contribution in [2.24, 2.45) is 17.8 Å². The highest BCUT2D eigenvalue weighted by atomic mass is 32.2. The first-order valence-corrected chi connectivity index (χ1v) is 17.0. The van der Waals surface area contributed by atoms with Crippen molar-refractivity contribution in [2.75, 3.05) is 31.2 Å². The second-order valence-corrected chi connectivity index (χ2v) is 14.0. The number of rotatable bonds is 16. The summed E-state index contributed by atoms with van der Waals surface area (Å²) < 4.78 is 5.07. The number of esters is 1. The predicted octanol–water partition coefficient (Wildman–Crippen LogP) is 6.15. The van der Waals surface area contributed by atoms with Crippen molar-refractivity contribution in [1.29, 1.82) is 0 Å². The van der Waals surface area contributed by atoms with Crippen molar-refractivity contribution in [3.63, 3.8) is 0 Å². The minimum Gasteiger partial charge on any atom is -0.465 e. The molecule has 236 valence electrons. The molecule has 2 bridgehead atoms. The van der Waals surface area contributed by atoms with Crippen molar-refractivity contribution in [3.05, 3.63) is 67.8 Å². The maximum absolute atomic E-state index is 14.9. The quantitative estimate of drug-likeness (QED) is 0.138. The summed E-state index contributed by atoms with van der Waals surface area (Å²) in [5.74, 6) is -1.58. The summed E-state index contributed by atoms with van der Waals surface area (Å²) in [5.41, 5.74) is 0.768. The van der Waals surface area contributed by atoms with E-state index >= 15 is 0 Å². The summed E-state index contributed by atoms with van der Waals surface area (Å²) in [6.45, 7) is 11.1. The topological polar surface area (TPSA) is 87.1 Å². The van der Waals surface area contributed by atoms with Crippen molar-refractivity contribution in [3.8, 4) is 0 Å². The number of ether oxygens (including phenoxy) is 1. The van der Waals surface area contributed by atoms with Gasteiger partial charge in [0.2, 0.25) is 5.91 Å². The van der Waals surface area contributed by atoms with E-state index in [0.29, 0.717) is 26.1 Å². The molecule has 3 aliphatic heterocycles. The molecule has 1 spiro atoms. The first-order valence-electron chi connectivity index (χ1n) is 16.2. The lowest BCUT2D eigenvalue weighted by molar-refractivity contribution is -0.154. The Kier molecular flexibility index (Phi) is 10.5. The monoisotopic (exact) mass is 618 g/mol. The van der Waals surface area contributed by atoms with E-state index in [2.05, 4.69) is 20.1 Å². The molecule has 7 nitrogen and oxygen atoms in total. The van der Waals surface area contributed by atoms with Crippen LogP contribution in [0, 0.1) is 17.8 Å². The zero-order valence-corrected chi connectivity index (χ0v) is 26.7. The van der Waals surface area contributed by atoms with Crippen LogP contribution in [0.15, 0.2) is 67.8 Å². The molecule has 1 N–H and O–H groups in total. The number of hydrogen-bond donors (Lipinski definition) is 1. The van der Waals surface area contributed by atoms with E-state index in [1.807, 2.05) is 48.5 Å². The molecule has 0 saturated carbocycles. The Balaban J connectivity index is 1.48. The predicted molar refractivity (Wildman–Crippen MR) is 177 cm³/mol. The average Bonchev–Trinajstić information content (AvgIpc) is 3.62. The van der Waals surface area contributed by atoms with Gasteiger partial charge in [-0.2, -0.15) is 0 Å². The number of aliphatic hydroxyl groups excluding tert-OH is 1. The average molecular weight is 619 g/mol. The van der Waals surface area contributed by atoms with E-state index in [1.54, 1.807) is 27.6 Å². The van der Waals surface area contributed by atoms with Gasteiger partial charge in [-0.3, -0.25) is 14.4 Å². The van der Waals surface area contributed by atoms with Gasteiger partial charge in [-0.05, 0) is 67.3 Å². The lowest BCUT2D eigenvalue weighted by Crippen LogP contribution is -2.57. The third-order valence-corrected chi connectivity index (χ3v) is 11.8. The van der Waals surface area contributed by atoms with Crippen LogP contribution in [0.1, 0.15) is 58.3 Å². The van der Waals surface area contributed by atoms with E-state index in [4.69, 9.17) is 4.74 Å². The van der Waals surface area contributed by atoms with Crippen LogP contribution in [0.2, 0.25) is 0 Å². The van der Waals surface area contributed by atoms with Crippen LogP contribution in [0.25, 0.3) is 10.8 Å². The number of allylic oxidation sites excluding steroid dienone is 1. The maximum Gasteiger partial charge on any atom is 0.310 e. The van der Waals surface area contributed by atoms with Gasteiger partial charge in [0.05, 0.1) is 23.2 Å². The van der Waals surface area contributed by atoms with Crippen LogP contribution >= 0.6 is 11.8 Å². The van der Waals surface area contributed by atoms with Crippen LogP contribution in [0.4, 0.5) is 5.69 Å². The Hall–Kier alpha value is -3.10. The highest BCUT2D eigenvalue weighted by molar-refractivity contribution is 8.02. The number of carbonyl (C=O) groups is 3. The molecule has 8 heteroatoms. The summed E-state index contributed by atoms with van der Waals surface area (Å²) in [6, 6.07) is 13.4. The maximum atomic E-state index is 14.9. The summed E-state index contributed by atoms with van der Waals surface area (Å²) in [4.78, 5) is 46.5. The van der Waals surface area contributed by atoms with Gasteiger partial charge in [-0.15, -0.1) is 24.9 Å². The largest absolute Gasteiger partial charge is 0.465 e. The summed E-state index contributed by atoms with van der Waals surface area (Å²) in [6.07, 6.45) is 10.1. The molecule has 6 atom stereocenters. The fourth-order valence-electron chi connectivity index (χ4n) is 7.66. The van der Waals surface area contributed by atoms with Crippen molar-refractivity contribution in [2.45, 2.75) is 74.3 Å². The zero-order chi connectivity index (χ0) is 31.3. The molecule has 0 aliphatic carbocycles. The molecule has 3 heterocycles. The standard InChI is InChI=1S/C36H46N2O5S/c1-4-6-7-14-22-43-35(42)30-29-23-25(3)36(44-29)31(30)33(40)38(20-12-8-9-13-21-39)32(36)34(41)37(19-5-2)28-18-17-26-15-10-11-16-27(26)24-28/h4-5,10-11,15-18,24-25,29-32,39H,1-2,6-9,12-14,19-23H2,3H3/t25?,29-,30+,31+,32?,36?/m1/s1. The molecule has 3 fully saturated rings. The van der Waals surface area contributed by atoms with Crippen LogP contribution in [-0.2, 0) is 19.1 Å². The van der Waals surface area contributed by atoms with E-state index in [9.17, 15) is 19.5 Å².